The van der Waals surface area contributed by atoms with Crippen molar-refractivity contribution >= 4 is 5.78 Å². The fourth-order valence-corrected chi connectivity index (χ4v) is 7.34. The average Bonchev–Trinajstić information content (AvgIpc) is 2.70. The molecular weight excluding hydrogens is 288 g/mol. The number of ketones is 1. The van der Waals surface area contributed by atoms with E-state index in [0.29, 0.717) is 11.8 Å². The van der Waals surface area contributed by atoms with E-state index in [2.05, 4.69) is 26.8 Å². The van der Waals surface area contributed by atoms with Crippen LogP contribution in [0.5, 0.6) is 0 Å². The van der Waals surface area contributed by atoms with Crippen LogP contribution in [0.25, 0.3) is 0 Å². The molecule has 4 rings (SSSR count). The second-order valence-corrected chi connectivity index (χ2v) is 9.71. The molecule has 0 radical (unpaired) electrons. The molecule has 0 amide bonds. The average molecular weight is 318 g/mol. The van der Waals surface area contributed by atoms with E-state index >= 15 is 0 Å². The van der Waals surface area contributed by atoms with Crippen molar-refractivity contribution < 1.29 is 15.0 Å². The van der Waals surface area contributed by atoms with Gasteiger partial charge in [0.1, 0.15) is 0 Å². The molecule has 4 aliphatic carbocycles. The Morgan fingerprint density at radius 2 is 1.91 bits per heavy atom. The number of allylic oxidation sites excluding steroid dienone is 2. The van der Waals surface area contributed by atoms with Gasteiger partial charge in [-0.2, -0.15) is 0 Å². The first-order valence-corrected chi connectivity index (χ1v) is 9.25. The van der Waals surface area contributed by atoms with E-state index in [0.717, 1.165) is 38.5 Å². The molecule has 0 aromatic carbocycles. The van der Waals surface area contributed by atoms with Crippen LogP contribution in [0, 0.1) is 34.0 Å². The van der Waals surface area contributed by atoms with Crippen LogP contribution in [0.15, 0.2) is 12.2 Å². The zero-order valence-corrected chi connectivity index (χ0v) is 14.6. The van der Waals surface area contributed by atoms with Gasteiger partial charge in [0.2, 0.25) is 0 Å². The van der Waals surface area contributed by atoms with Crippen molar-refractivity contribution in [3.8, 4) is 0 Å². The molecule has 128 valence electrons. The lowest BCUT2D eigenvalue weighted by Gasteiger charge is -2.61. The van der Waals surface area contributed by atoms with Crippen molar-refractivity contribution in [2.75, 3.05) is 6.61 Å². The summed E-state index contributed by atoms with van der Waals surface area (Å²) in [6.45, 7) is 6.48. The van der Waals surface area contributed by atoms with Gasteiger partial charge in [0.15, 0.2) is 5.78 Å². The summed E-state index contributed by atoms with van der Waals surface area (Å²) in [4.78, 5) is 12.4. The fraction of sp³-hybridized carbons (Fsp3) is 0.850. The molecule has 1 spiro atoms. The Morgan fingerprint density at radius 3 is 2.61 bits per heavy atom. The Bertz CT molecular complexity index is 579. The maximum atomic E-state index is 12.4. The number of carbonyl (C=O) groups excluding carboxylic acids is 1. The Balaban J connectivity index is 1.77. The Labute approximate surface area is 139 Å². The third-order valence-electron chi connectivity index (χ3n) is 8.42. The highest BCUT2D eigenvalue weighted by Crippen LogP contribution is 2.71. The molecule has 3 fully saturated rings. The molecule has 3 heteroatoms. The summed E-state index contributed by atoms with van der Waals surface area (Å²) < 4.78 is 0. The molecule has 0 aliphatic heterocycles. The number of fused-ring (bicyclic) bond motifs is 3. The van der Waals surface area contributed by atoms with Crippen molar-refractivity contribution in [2.24, 2.45) is 34.0 Å². The van der Waals surface area contributed by atoms with E-state index in [1.807, 2.05) is 6.08 Å². The SMILES string of the molecule is CC1(C)C(=O)C=CC2(C)C3CCC4CC3(CCC12)CC4(O)CO. The highest BCUT2D eigenvalue weighted by molar-refractivity contribution is 5.95. The van der Waals surface area contributed by atoms with E-state index in [1.165, 1.54) is 0 Å². The Morgan fingerprint density at radius 1 is 1.17 bits per heavy atom. The van der Waals surface area contributed by atoms with Crippen LogP contribution in [0.2, 0.25) is 0 Å². The minimum atomic E-state index is -0.873. The van der Waals surface area contributed by atoms with Gasteiger partial charge in [-0.15, -0.1) is 0 Å². The molecule has 23 heavy (non-hydrogen) atoms. The maximum Gasteiger partial charge on any atom is 0.161 e. The smallest absolute Gasteiger partial charge is 0.161 e. The predicted molar refractivity (Wildman–Crippen MR) is 88.7 cm³/mol. The van der Waals surface area contributed by atoms with Gasteiger partial charge in [-0.25, -0.2) is 0 Å². The molecule has 0 aromatic heterocycles. The van der Waals surface area contributed by atoms with Crippen LogP contribution >= 0.6 is 0 Å². The topological polar surface area (TPSA) is 57.5 Å². The van der Waals surface area contributed by atoms with E-state index in [-0.39, 0.29) is 34.6 Å². The van der Waals surface area contributed by atoms with E-state index < -0.39 is 5.60 Å². The number of hydrogen-bond acceptors (Lipinski definition) is 3. The summed E-state index contributed by atoms with van der Waals surface area (Å²) in [6, 6.07) is 0. The fourth-order valence-electron chi connectivity index (χ4n) is 7.34. The largest absolute Gasteiger partial charge is 0.393 e. The third kappa shape index (κ3) is 1.81. The monoisotopic (exact) mass is 318 g/mol. The van der Waals surface area contributed by atoms with Crippen LogP contribution in [0.4, 0.5) is 0 Å². The lowest BCUT2D eigenvalue weighted by atomic mass is 9.42. The van der Waals surface area contributed by atoms with Gasteiger partial charge in [0.05, 0.1) is 12.2 Å². The molecule has 3 saturated carbocycles. The standard InChI is InChI=1S/C20H30O3/c1-17(2)14-6-9-19-10-13(20(23,11-19)12-21)4-5-15(19)18(14,3)8-7-16(17)22/h7-8,13-15,21,23H,4-6,9-12H2,1-3H3. The minimum absolute atomic E-state index is 0.0430. The second kappa shape index (κ2) is 4.49. The first-order chi connectivity index (χ1) is 10.7. The van der Waals surface area contributed by atoms with E-state index in [4.69, 9.17) is 0 Å². The molecular formula is C20H30O3. The third-order valence-corrected chi connectivity index (χ3v) is 8.42. The summed E-state index contributed by atoms with van der Waals surface area (Å²) in [5.74, 6) is 1.44. The number of aliphatic hydroxyl groups is 2. The lowest BCUT2D eigenvalue weighted by Crippen LogP contribution is -2.56. The second-order valence-electron chi connectivity index (χ2n) is 9.71. The van der Waals surface area contributed by atoms with Crippen LogP contribution in [-0.2, 0) is 4.79 Å². The van der Waals surface area contributed by atoms with Gasteiger partial charge < -0.3 is 10.2 Å². The highest BCUT2D eigenvalue weighted by Gasteiger charge is 2.67. The minimum Gasteiger partial charge on any atom is -0.393 e. The lowest BCUT2D eigenvalue weighted by molar-refractivity contribution is -0.141. The normalized spacial score (nSPS) is 53.8. The van der Waals surface area contributed by atoms with Gasteiger partial charge in [-0.3, -0.25) is 4.79 Å². The Hall–Kier alpha value is -0.670. The van der Waals surface area contributed by atoms with Gasteiger partial charge in [0.25, 0.3) is 0 Å². The van der Waals surface area contributed by atoms with Crippen molar-refractivity contribution in [1.82, 2.24) is 0 Å². The molecule has 2 N–H and O–H groups in total. The number of rotatable bonds is 1. The van der Waals surface area contributed by atoms with E-state index in [9.17, 15) is 15.0 Å². The van der Waals surface area contributed by atoms with Crippen LogP contribution in [0.3, 0.4) is 0 Å². The molecule has 0 aromatic rings. The molecule has 6 atom stereocenters. The van der Waals surface area contributed by atoms with Crippen LogP contribution in [-0.4, -0.2) is 28.2 Å². The summed E-state index contributed by atoms with van der Waals surface area (Å²) >= 11 is 0. The summed E-state index contributed by atoms with van der Waals surface area (Å²) in [5.41, 5.74) is -0.955. The van der Waals surface area contributed by atoms with Crippen LogP contribution < -0.4 is 0 Å². The highest BCUT2D eigenvalue weighted by atomic mass is 16.3. The van der Waals surface area contributed by atoms with E-state index in [1.54, 1.807) is 0 Å². The molecule has 0 heterocycles. The van der Waals surface area contributed by atoms with Crippen molar-refractivity contribution in [2.45, 2.75) is 64.9 Å². The Kier molecular flexibility index (Phi) is 3.09. The zero-order chi connectivity index (χ0) is 16.7. The number of aliphatic hydroxyl groups excluding tert-OH is 1. The van der Waals surface area contributed by atoms with Crippen molar-refractivity contribution in [3.05, 3.63) is 12.2 Å². The first kappa shape index (κ1) is 15.8. The molecule has 2 bridgehead atoms. The summed E-state index contributed by atoms with van der Waals surface area (Å²) in [7, 11) is 0. The summed E-state index contributed by atoms with van der Waals surface area (Å²) in [6.07, 6.45) is 10.1. The van der Waals surface area contributed by atoms with Crippen molar-refractivity contribution in [3.63, 3.8) is 0 Å². The maximum absolute atomic E-state index is 12.4. The molecule has 3 nitrogen and oxygen atoms in total. The zero-order valence-electron chi connectivity index (χ0n) is 14.6. The number of hydrogen-bond donors (Lipinski definition) is 2. The van der Waals surface area contributed by atoms with Crippen LogP contribution in [0.1, 0.15) is 59.3 Å². The van der Waals surface area contributed by atoms with Gasteiger partial charge in [0, 0.05) is 5.41 Å². The van der Waals surface area contributed by atoms with Gasteiger partial charge in [-0.1, -0.05) is 26.8 Å². The van der Waals surface area contributed by atoms with Gasteiger partial charge >= 0.3 is 0 Å². The first-order valence-electron chi connectivity index (χ1n) is 9.25. The quantitative estimate of drug-likeness (QED) is 0.781. The molecule has 0 saturated heterocycles. The number of carbonyl (C=O) groups is 1. The molecule has 4 aliphatic rings. The van der Waals surface area contributed by atoms with Gasteiger partial charge in [-0.05, 0) is 73.2 Å². The predicted octanol–water partition coefficient (Wildman–Crippen LogP) is 3.10. The molecule has 6 unspecified atom stereocenters. The summed E-state index contributed by atoms with van der Waals surface area (Å²) in [5, 5.41) is 20.7. The van der Waals surface area contributed by atoms with Crippen molar-refractivity contribution in [1.29, 1.82) is 0 Å².